The molecule has 0 fully saturated rings. The van der Waals surface area contributed by atoms with Gasteiger partial charge in [-0.05, 0) is 20.3 Å². The number of aliphatic hydroxyl groups excluding tert-OH is 5. The Hall–Kier alpha value is -0.190. The van der Waals surface area contributed by atoms with Gasteiger partial charge in [0, 0.05) is 0 Å². The van der Waals surface area contributed by atoms with Crippen LogP contribution in [0.25, 0.3) is 0 Å². The molecule has 0 aromatic heterocycles. The zero-order valence-corrected chi connectivity index (χ0v) is 15.0. The Morgan fingerprint density at radius 3 is 2.09 bits per heavy atom. The minimum absolute atomic E-state index is 0. The van der Waals surface area contributed by atoms with Crippen LogP contribution in [-0.4, -0.2) is 67.2 Å². The van der Waals surface area contributed by atoms with Crippen LogP contribution < -0.4 is 29.6 Å². The standard InChI is InChI=1S/C13H22NO7.Na/c1-6-3-8(9(14(20)21)4-7(6)2)11(17)13(19)12(18)10(16)5-15;/h8,10-13,15-19H,3-5H2,1-2H3;/q-1;+1/t8-,10?,11?,12?,13?;/m0./s1. The van der Waals surface area contributed by atoms with Crippen LogP contribution in [0.1, 0.15) is 26.7 Å². The molecule has 0 heterocycles. The van der Waals surface area contributed by atoms with Crippen molar-refractivity contribution in [1.29, 1.82) is 0 Å². The summed E-state index contributed by atoms with van der Waals surface area (Å²) >= 11 is 0. The molecule has 0 spiro atoms. The van der Waals surface area contributed by atoms with E-state index in [2.05, 4.69) is 0 Å². The van der Waals surface area contributed by atoms with E-state index in [0.717, 1.165) is 11.1 Å². The molecule has 1 aliphatic rings. The van der Waals surface area contributed by atoms with Crippen LogP contribution in [0.5, 0.6) is 0 Å². The fraction of sp³-hybridized carbons (Fsp3) is 0.769. The van der Waals surface area contributed by atoms with Crippen molar-refractivity contribution in [2.24, 2.45) is 5.92 Å². The van der Waals surface area contributed by atoms with E-state index in [9.17, 15) is 30.8 Å². The second-order valence-electron chi connectivity index (χ2n) is 5.52. The number of allylic oxidation sites excluding steroid dienone is 2. The van der Waals surface area contributed by atoms with E-state index >= 15 is 0 Å². The molecule has 0 saturated carbocycles. The van der Waals surface area contributed by atoms with E-state index < -0.39 is 41.8 Å². The molecule has 0 amide bonds. The van der Waals surface area contributed by atoms with Gasteiger partial charge in [-0.1, -0.05) is 11.1 Å². The predicted molar refractivity (Wildman–Crippen MR) is 74.2 cm³/mol. The van der Waals surface area contributed by atoms with Crippen LogP contribution in [0.3, 0.4) is 0 Å². The zero-order valence-electron chi connectivity index (χ0n) is 13.0. The first-order valence-electron chi connectivity index (χ1n) is 6.69. The SMILES string of the molecule is CC1=C(C)C[C@H](C(O)C(O)C(O)C(O)CO)C(=[N+]([O-])[O-])C1.[Na+]. The minimum Gasteiger partial charge on any atom is -0.612 e. The second-order valence-corrected chi connectivity index (χ2v) is 5.52. The number of rotatable bonds is 5. The molecular formula is C13H22NNaO7. The van der Waals surface area contributed by atoms with Gasteiger partial charge in [-0.25, -0.2) is 0 Å². The zero-order chi connectivity index (χ0) is 16.3. The first kappa shape index (κ1) is 21.8. The fourth-order valence-corrected chi connectivity index (χ4v) is 2.47. The predicted octanol–water partition coefficient (Wildman–Crippen LogP) is -4.38. The monoisotopic (exact) mass is 327 g/mol. The van der Waals surface area contributed by atoms with Crippen LogP contribution in [0.2, 0.25) is 0 Å². The van der Waals surface area contributed by atoms with Crippen LogP contribution in [0, 0.1) is 16.3 Å². The summed E-state index contributed by atoms with van der Waals surface area (Å²) in [4.78, 5) is -0.578. The maximum absolute atomic E-state index is 11.1. The fourth-order valence-electron chi connectivity index (χ4n) is 2.47. The van der Waals surface area contributed by atoms with E-state index in [-0.39, 0.29) is 48.1 Å². The summed E-state index contributed by atoms with van der Waals surface area (Å²) in [6.07, 6.45) is -6.53. The van der Waals surface area contributed by atoms with Crippen molar-refractivity contribution in [3.05, 3.63) is 21.6 Å². The normalized spacial score (nSPS) is 24.3. The molecule has 4 unspecified atom stereocenters. The summed E-state index contributed by atoms with van der Waals surface area (Å²) in [5, 5.41) is 69.9. The van der Waals surface area contributed by atoms with E-state index in [0.29, 0.717) is 0 Å². The van der Waals surface area contributed by atoms with E-state index in [1.807, 2.05) is 0 Å². The smallest absolute Gasteiger partial charge is 0.612 e. The third-order valence-corrected chi connectivity index (χ3v) is 4.06. The Labute approximate surface area is 150 Å². The number of hydrogen-bond donors (Lipinski definition) is 5. The Balaban J connectivity index is 0.00000441. The molecule has 0 aliphatic heterocycles. The van der Waals surface area contributed by atoms with Gasteiger partial charge in [0.05, 0.1) is 25.0 Å². The average molecular weight is 327 g/mol. The Morgan fingerprint density at radius 1 is 1.09 bits per heavy atom. The minimum atomic E-state index is -1.79. The summed E-state index contributed by atoms with van der Waals surface area (Å²) in [5.41, 5.74) is 1.60. The third kappa shape index (κ3) is 4.90. The van der Waals surface area contributed by atoms with E-state index in [4.69, 9.17) is 5.11 Å². The van der Waals surface area contributed by atoms with Gasteiger partial charge in [0.25, 0.3) is 0 Å². The van der Waals surface area contributed by atoms with Gasteiger partial charge in [0.1, 0.15) is 18.3 Å². The van der Waals surface area contributed by atoms with Crippen LogP contribution in [-0.2, 0) is 0 Å². The molecule has 9 heteroatoms. The molecule has 5 atom stereocenters. The largest absolute Gasteiger partial charge is 1.00 e. The molecule has 22 heavy (non-hydrogen) atoms. The van der Waals surface area contributed by atoms with Crippen molar-refractivity contribution < 1.29 is 60.0 Å². The van der Waals surface area contributed by atoms with Gasteiger partial charge in [-0.15, -0.1) is 0 Å². The summed E-state index contributed by atoms with van der Waals surface area (Å²) in [7, 11) is 0. The number of aliphatic hydroxyl groups is 5. The van der Waals surface area contributed by atoms with Gasteiger partial charge in [0.15, 0.2) is 5.71 Å². The maximum Gasteiger partial charge on any atom is 1.00 e. The van der Waals surface area contributed by atoms with E-state index in [1.54, 1.807) is 13.8 Å². The molecule has 1 rings (SSSR count). The number of hydrogen-bond acceptors (Lipinski definition) is 7. The summed E-state index contributed by atoms with van der Waals surface area (Å²) in [6, 6.07) is 0. The van der Waals surface area contributed by atoms with Crippen molar-refractivity contribution in [2.45, 2.75) is 51.1 Å². The Kier molecular flexibility index (Phi) is 9.11. The van der Waals surface area contributed by atoms with Crippen molar-refractivity contribution >= 4 is 5.71 Å². The molecule has 0 radical (unpaired) electrons. The Bertz CT molecular complexity index is 436. The molecule has 8 nitrogen and oxygen atoms in total. The summed E-state index contributed by atoms with van der Waals surface area (Å²) in [5.74, 6) is -0.945. The first-order chi connectivity index (χ1) is 9.70. The molecule has 0 aromatic rings. The van der Waals surface area contributed by atoms with Crippen molar-refractivity contribution in [1.82, 2.24) is 0 Å². The second kappa shape index (κ2) is 9.19. The van der Waals surface area contributed by atoms with E-state index in [1.165, 1.54) is 0 Å². The summed E-state index contributed by atoms with van der Waals surface area (Å²) < 4.78 is 0. The van der Waals surface area contributed by atoms with Gasteiger partial charge in [-0.3, -0.25) is 0 Å². The van der Waals surface area contributed by atoms with Gasteiger partial charge in [0.2, 0.25) is 0 Å². The van der Waals surface area contributed by atoms with Crippen molar-refractivity contribution in [3.8, 4) is 0 Å². The molecule has 0 saturated heterocycles. The molecule has 0 aromatic carbocycles. The Morgan fingerprint density at radius 2 is 1.64 bits per heavy atom. The van der Waals surface area contributed by atoms with Crippen LogP contribution in [0.15, 0.2) is 11.1 Å². The average Bonchev–Trinajstić information content (AvgIpc) is 2.46. The molecule has 122 valence electrons. The van der Waals surface area contributed by atoms with Crippen LogP contribution in [0.4, 0.5) is 0 Å². The quantitative estimate of drug-likeness (QED) is 0.148. The van der Waals surface area contributed by atoms with Crippen molar-refractivity contribution in [3.63, 3.8) is 0 Å². The van der Waals surface area contributed by atoms with Gasteiger partial charge >= 0.3 is 29.6 Å². The topological polar surface area (TPSA) is 150 Å². The maximum atomic E-state index is 11.1. The molecule has 1 aliphatic carbocycles. The van der Waals surface area contributed by atoms with Crippen molar-refractivity contribution in [2.75, 3.05) is 6.61 Å². The first-order valence-corrected chi connectivity index (χ1v) is 6.69. The molecular weight excluding hydrogens is 305 g/mol. The third-order valence-electron chi connectivity index (χ3n) is 4.06. The van der Waals surface area contributed by atoms with Gasteiger partial charge < -0.3 is 35.9 Å². The molecule has 5 N–H and O–H groups in total. The van der Waals surface area contributed by atoms with Crippen LogP contribution >= 0.6 is 0 Å². The van der Waals surface area contributed by atoms with Gasteiger partial charge in [-0.2, -0.15) is 4.90 Å². The molecule has 0 bridgehead atoms. The summed E-state index contributed by atoms with van der Waals surface area (Å²) in [6.45, 7) is 2.76. The number of nitrogens with zero attached hydrogens (tertiary/aromatic N) is 1.